The molecule has 2 aromatic heterocycles. The number of piperazine rings is 1. The first-order valence-electron chi connectivity index (χ1n) is 8.43. The highest BCUT2D eigenvalue weighted by Gasteiger charge is 2.23. The zero-order valence-corrected chi connectivity index (χ0v) is 16.7. The molecule has 1 amide bonds. The van der Waals surface area contributed by atoms with Crippen LogP contribution in [-0.2, 0) is 0 Å². The number of aromatic nitrogens is 2. The standard InChI is InChI=1S/C18H16ClN5OS2/c19-14-12-4-1-2-5-13(12)27-15(14)16(25)22-18(26)24-10-8-23(9-11-24)17-20-6-3-7-21-17/h1-7H,8-11H2,(H,22,25,26). The molecule has 6 nitrogen and oxygen atoms in total. The molecule has 0 bridgehead atoms. The Morgan fingerprint density at radius 3 is 2.52 bits per heavy atom. The summed E-state index contributed by atoms with van der Waals surface area (Å²) in [5.41, 5.74) is 0. The summed E-state index contributed by atoms with van der Waals surface area (Å²) in [7, 11) is 0. The molecule has 9 heteroatoms. The van der Waals surface area contributed by atoms with Crippen molar-refractivity contribution < 1.29 is 4.79 Å². The van der Waals surface area contributed by atoms with Gasteiger partial charge in [-0.1, -0.05) is 29.8 Å². The number of hydrogen-bond donors (Lipinski definition) is 1. The highest BCUT2D eigenvalue weighted by atomic mass is 35.5. The maximum atomic E-state index is 12.6. The molecule has 0 unspecified atom stereocenters. The number of thiophene rings is 1. The number of amides is 1. The highest BCUT2D eigenvalue weighted by Crippen LogP contribution is 2.35. The SMILES string of the molecule is O=C(NC(=S)N1CCN(c2ncccn2)CC1)c1sc2ccccc2c1Cl. The average Bonchev–Trinajstić information content (AvgIpc) is 3.06. The second kappa shape index (κ2) is 7.75. The smallest absolute Gasteiger partial charge is 0.269 e. The average molecular weight is 418 g/mol. The van der Waals surface area contributed by atoms with E-state index in [0.717, 1.165) is 23.2 Å². The normalized spacial score (nSPS) is 14.4. The molecule has 0 aliphatic carbocycles. The molecule has 4 rings (SSSR count). The molecule has 3 aromatic rings. The van der Waals surface area contributed by atoms with Gasteiger partial charge in [-0.05, 0) is 24.4 Å². The van der Waals surface area contributed by atoms with Gasteiger partial charge in [-0.15, -0.1) is 11.3 Å². The zero-order valence-electron chi connectivity index (χ0n) is 14.3. The first-order chi connectivity index (χ1) is 13.1. The van der Waals surface area contributed by atoms with Crippen molar-refractivity contribution in [1.82, 2.24) is 20.2 Å². The van der Waals surface area contributed by atoms with Crippen LogP contribution in [0.4, 0.5) is 5.95 Å². The van der Waals surface area contributed by atoms with Gasteiger partial charge in [0.2, 0.25) is 5.95 Å². The summed E-state index contributed by atoms with van der Waals surface area (Å²) in [6.07, 6.45) is 3.46. The lowest BCUT2D eigenvalue weighted by Crippen LogP contribution is -2.53. The van der Waals surface area contributed by atoms with E-state index in [1.54, 1.807) is 18.5 Å². The van der Waals surface area contributed by atoms with E-state index in [-0.39, 0.29) is 5.91 Å². The number of halogens is 1. The third-order valence-corrected chi connectivity index (χ3v) is 6.40. The molecule has 138 valence electrons. The van der Waals surface area contributed by atoms with Crippen molar-refractivity contribution in [2.24, 2.45) is 0 Å². The van der Waals surface area contributed by atoms with E-state index in [0.29, 0.717) is 34.1 Å². The number of anilines is 1. The number of nitrogens with zero attached hydrogens (tertiary/aromatic N) is 4. The number of benzene rings is 1. The van der Waals surface area contributed by atoms with Gasteiger partial charge < -0.3 is 9.80 Å². The van der Waals surface area contributed by atoms with Gasteiger partial charge in [0, 0.05) is 48.7 Å². The Balaban J connectivity index is 1.39. The van der Waals surface area contributed by atoms with Crippen LogP contribution in [0.1, 0.15) is 9.67 Å². The number of rotatable bonds is 2. The van der Waals surface area contributed by atoms with Crippen molar-refractivity contribution in [1.29, 1.82) is 0 Å². The first-order valence-corrected chi connectivity index (χ1v) is 10.0. The van der Waals surface area contributed by atoms with Gasteiger partial charge in [0.25, 0.3) is 5.91 Å². The van der Waals surface area contributed by atoms with Crippen molar-refractivity contribution in [3.05, 3.63) is 52.6 Å². The predicted octanol–water partition coefficient (Wildman–Crippen LogP) is 3.18. The van der Waals surface area contributed by atoms with E-state index in [9.17, 15) is 4.79 Å². The molecule has 1 fully saturated rings. The molecule has 1 aliphatic rings. The maximum Gasteiger partial charge on any atom is 0.269 e. The van der Waals surface area contributed by atoms with Gasteiger partial charge >= 0.3 is 0 Å². The number of nitrogens with one attached hydrogen (secondary N) is 1. The van der Waals surface area contributed by atoms with E-state index < -0.39 is 0 Å². The van der Waals surface area contributed by atoms with Gasteiger partial charge in [-0.3, -0.25) is 10.1 Å². The van der Waals surface area contributed by atoms with Crippen LogP contribution in [-0.4, -0.2) is 52.1 Å². The zero-order chi connectivity index (χ0) is 18.8. The summed E-state index contributed by atoms with van der Waals surface area (Å²) in [6, 6.07) is 9.49. The highest BCUT2D eigenvalue weighted by molar-refractivity contribution is 7.80. The fourth-order valence-electron chi connectivity index (χ4n) is 2.96. The molecule has 1 N–H and O–H groups in total. The van der Waals surface area contributed by atoms with E-state index in [2.05, 4.69) is 20.2 Å². The summed E-state index contributed by atoms with van der Waals surface area (Å²) in [5, 5.41) is 4.60. The fourth-order valence-corrected chi connectivity index (χ4v) is 4.64. The lowest BCUT2D eigenvalue weighted by Gasteiger charge is -2.35. The lowest BCUT2D eigenvalue weighted by atomic mass is 10.2. The van der Waals surface area contributed by atoms with Gasteiger partial charge in [-0.2, -0.15) is 0 Å². The van der Waals surface area contributed by atoms with E-state index in [4.69, 9.17) is 23.8 Å². The lowest BCUT2D eigenvalue weighted by molar-refractivity contribution is 0.0977. The third kappa shape index (κ3) is 3.73. The predicted molar refractivity (Wildman–Crippen MR) is 113 cm³/mol. The largest absolute Gasteiger partial charge is 0.345 e. The van der Waals surface area contributed by atoms with Crippen molar-refractivity contribution in [3.63, 3.8) is 0 Å². The second-order valence-corrected chi connectivity index (χ2v) is 7.84. The minimum atomic E-state index is -0.264. The molecule has 27 heavy (non-hydrogen) atoms. The Kier molecular flexibility index (Phi) is 5.20. The number of carbonyl (C=O) groups excluding carboxylic acids is 1. The molecule has 0 saturated carbocycles. The van der Waals surface area contributed by atoms with Crippen molar-refractivity contribution in [2.45, 2.75) is 0 Å². The number of fused-ring (bicyclic) bond motifs is 1. The number of carbonyl (C=O) groups is 1. The molecular formula is C18H16ClN5OS2. The molecule has 1 saturated heterocycles. The van der Waals surface area contributed by atoms with Crippen LogP contribution in [0.3, 0.4) is 0 Å². The minimum Gasteiger partial charge on any atom is -0.345 e. The van der Waals surface area contributed by atoms with Crippen LogP contribution >= 0.6 is 35.2 Å². The van der Waals surface area contributed by atoms with Gasteiger partial charge in [0.1, 0.15) is 4.88 Å². The Morgan fingerprint density at radius 2 is 1.81 bits per heavy atom. The number of hydrogen-bond acceptors (Lipinski definition) is 6. The molecule has 1 aliphatic heterocycles. The first kappa shape index (κ1) is 18.1. The van der Waals surface area contributed by atoms with Crippen molar-refractivity contribution in [2.75, 3.05) is 31.1 Å². The summed E-state index contributed by atoms with van der Waals surface area (Å²) in [4.78, 5) is 25.8. The quantitative estimate of drug-likeness (QED) is 0.646. The molecular weight excluding hydrogens is 402 g/mol. The monoisotopic (exact) mass is 417 g/mol. The van der Waals surface area contributed by atoms with E-state index in [1.807, 2.05) is 29.2 Å². The molecule has 3 heterocycles. The molecule has 0 spiro atoms. The minimum absolute atomic E-state index is 0.264. The van der Waals surface area contributed by atoms with Crippen LogP contribution in [0.2, 0.25) is 5.02 Å². The van der Waals surface area contributed by atoms with Crippen LogP contribution in [0.5, 0.6) is 0 Å². The maximum absolute atomic E-state index is 12.6. The van der Waals surface area contributed by atoms with Crippen molar-refractivity contribution >= 4 is 62.2 Å². The second-order valence-electron chi connectivity index (χ2n) is 6.02. The third-order valence-electron chi connectivity index (χ3n) is 4.36. The van der Waals surface area contributed by atoms with Gasteiger partial charge in [-0.25, -0.2) is 9.97 Å². The van der Waals surface area contributed by atoms with Crippen LogP contribution < -0.4 is 10.2 Å². The Bertz CT molecular complexity index is 986. The number of thiocarbonyl (C=S) groups is 1. The summed E-state index contributed by atoms with van der Waals surface area (Å²) < 4.78 is 0.982. The van der Waals surface area contributed by atoms with E-state index >= 15 is 0 Å². The van der Waals surface area contributed by atoms with Crippen LogP contribution in [0.25, 0.3) is 10.1 Å². The van der Waals surface area contributed by atoms with Gasteiger partial charge in [0.15, 0.2) is 5.11 Å². The summed E-state index contributed by atoms with van der Waals surface area (Å²) in [6.45, 7) is 2.86. The van der Waals surface area contributed by atoms with Crippen molar-refractivity contribution in [3.8, 4) is 0 Å². The van der Waals surface area contributed by atoms with Gasteiger partial charge in [0.05, 0.1) is 5.02 Å². The Hall–Kier alpha value is -2.29. The molecule has 1 aromatic carbocycles. The molecule has 0 radical (unpaired) electrons. The van der Waals surface area contributed by atoms with Crippen LogP contribution in [0.15, 0.2) is 42.7 Å². The van der Waals surface area contributed by atoms with E-state index in [1.165, 1.54) is 11.3 Å². The fraction of sp³-hybridized carbons (Fsp3) is 0.222. The summed E-state index contributed by atoms with van der Waals surface area (Å²) >= 11 is 13.2. The molecule has 0 atom stereocenters. The van der Waals surface area contributed by atoms with Crippen LogP contribution in [0, 0.1) is 0 Å². The summed E-state index contributed by atoms with van der Waals surface area (Å²) in [5.74, 6) is 0.448. The Labute approximate surface area is 170 Å². The Morgan fingerprint density at radius 1 is 1.11 bits per heavy atom. The topological polar surface area (TPSA) is 61.4 Å².